The number of carbonyl (C=O) groups is 1. The van der Waals surface area contributed by atoms with Gasteiger partial charge in [0.1, 0.15) is 5.82 Å². The second-order valence-corrected chi connectivity index (χ2v) is 4.16. The number of benzene rings is 1. The summed E-state index contributed by atoms with van der Waals surface area (Å²) in [5, 5.41) is 2.73. The first-order valence-electron chi connectivity index (χ1n) is 5.52. The van der Waals surface area contributed by atoms with Crippen molar-refractivity contribution in [3.05, 3.63) is 35.6 Å². The smallest absolute Gasteiger partial charge is 0.227 e. The van der Waals surface area contributed by atoms with Gasteiger partial charge in [0.25, 0.3) is 0 Å². The van der Waals surface area contributed by atoms with E-state index in [-0.39, 0.29) is 23.7 Å². The average Bonchev–Trinajstić information content (AvgIpc) is 2.72. The minimum atomic E-state index is -0.308. The van der Waals surface area contributed by atoms with Crippen LogP contribution in [0.25, 0.3) is 0 Å². The highest BCUT2D eigenvalue weighted by Crippen LogP contribution is 2.12. The molecule has 2 unspecified atom stereocenters. The largest absolute Gasteiger partial charge is 0.379 e. The average molecular weight is 238 g/mol. The summed E-state index contributed by atoms with van der Waals surface area (Å²) in [6.07, 6.45) is 0. The molecule has 92 valence electrons. The van der Waals surface area contributed by atoms with Crippen LogP contribution in [0.2, 0.25) is 0 Å². The summed E-state index contributed by atoms with van der Waals surface area (Å²) in [4.78, 5) is 11.7. The molecule has 5 heteroatoms. The van der Waals surface area contributed by atoms with Crippen molar-refractivity contribution in [2.75, 3.05) is 13.2 Å². The lowest BCUT2D eigenvalue weighted by atomic mass is 10.0. The third-order valence-corrected chi connectivity index (χ3v) is 2.82. The molecule has 0 aliphatic carbocycles. The van der Waals surface area contributed by atoms with Crippen LogP contribution in [0, 0.1) is 11.7 Å². The Morgan fingerprint density at radius 1 is 1.53 bits per heavy atom. The van der Waals surface area contributed by atoms with Gasteiger partial charge < -0.3 is 15.8 Å². The topological polar surface area (TPSA) is 64.3 Å². The Balaban J connectivity index is 1.88. The van der Waals surface area contributed by atoms with Gasteiger partial charge in [-0.3, -0.25) is 4.79 Å². The summed E-state index contributed by atoms with van der Waals surface area (Å²) < 4.78 is 18.0. The van der Waals surface area contributed by atoms with Crippen LogP contribution in [0.4, 0.5) is 4.39 Å². The molecule has 1 aliphatic rings. The molecule has 3 N–H and O–H groups in total. The van der Waals surface area contributed by atoms with Gasteiger partial charge in [0.05, 0.1) is 19.1 Å². The summed E-state index contributed by atoms with van der Waals surface area (Å²) in [6.45, 7) is 1.08. The van der Waals surface area contributed by atoms with E-state index in [0.717, 1.165) is 5.56 Å². The number of halogens is 1. The van der Waals surface area contributed by atoms with E-state index < -0.39 is 0 Å². The Morgan fingerprint density at radius 3 is 3.00 bits per heavy atom. The Kier molecular flexibility index (Phi) is 3.71. The van der Waals surface area contributed by atoms with E-state index >= 15 is 0 Å². The molecule has 0 aromatic heterocycles. The van der Waals surface area contributed by atoms with Crippen LogP contribution in [0.5, 0.6) is 0 Å². The van der Waals surface area contributed by atoms with Gasteiger partial charge in [-0.15, -0.1) is 0 Å². The maximum Gasteiger partial charge on any atom is 0.227 e. The van der Waals surface area contributed by atoms with Gasteiger partial charge in [-0.05, 0) is 17.7 Å². The zero-order valence-electron chi connectivity index (χ0n) is 9.36. The molecule has 0 radical (unpaired) electrons. The van der Waals surface area contributed by atoms with Crippen molar-refractivity contribution in [1.82, 2.24) is 5.32 Å². The molecule has 17 heavy (non-hydrogen) atoms. The second kappa shape index (κ2) is 5.25. The van der Waals surface area contributed by atoms with Gasteiger partial charge in [-0.25, -0.2) is 4.39 Å². The molecular formula is C12H15FN2O2. The number of amides is 1. The van der Waals surface area contributed by atoms with Crippen LogP contribution in [0.15, 0.2) is 24.3 Å². The Labute approximate surface area is 98.9 Å². The number of hydrogen-bond donors (Lipinski definition) is 2. The first-order chi connectivity index (χ1) is 8.16. The maximum absolute atomic E-state index is 12.9. The van der Waals surface area contributed by atoms with Gasteiger partial charge in [0.15, 0.2) is 0 Å². The lowest BCUT2D eigenvalue weighted by Gasteiger charge is -2.13. The molecule has 2 atom stereocenters. The molecule has 1 aliphatic heterocycles. The van der Waals surface area contributed by atoms with Gasteiger partial charge in [-0.2, -0.15) is 0 Å². The fourth-order valence-corrected chi connectivity index (χ4v) is 1.81. The summed E-state index contributed by atoms with van der Waals surface area (Å²) in [5.74, 6) is -0.750. The van der Waals surface area contributed by atoms with Crippen LogP contribution < -0.4 is 11.1 Å². The van der Waals surface area contributed by atoms with Crippen LogP contribution in [-0.4, -0.2) is 25.2 Å². The van der Waals surface area contributed by atoms with E-state index in [2.05, 4.69) is 5.32 Å². The molecule has 1 amide bonds. The first-order valence-corrected chi connectivity index (χ1v) is 5.52. The predicted molar refractivity (Wildman–Crippen MR) is 60.5 cm³/mol. The zero-order valence-corrected chi connectivity index (χ0v) is 9.36. The SMILES string of the molecule is NC1COCC1C(=O)NCc1cccc(F)c1. The number of nitrogens with one attached hydrogen (secondary N) is 1. The number of hydrogen-bond acceptors (Lipinski definition) is 3. The van der Waals surface area contributed by atoms with Crippen molar-refractivity contribution in [2.45, 2.75) is 12.6 Å². The molecule has 2 rings (SSSR count). The lowest BCUT2D eigenvalue weighted by molar-refractivity contribution is -0.125. The van der Waals surface area contributed by atoms with E-state index in [1.165, 1.54) is 12.1 Å². The molecule has 1 aromatic carbocycles. The number of nitrogens with two attached hydrogens (primary N) is 1. The minimum absolute atomic E-state index is 0.140. The van der Waals surface area contributed by atoms with E-state index in [9.17, 15) is 9.18 Å². The number of carbonyl (C=O) groups excluding carboxylic acids is 1. The Hall–Kier alpha value is -1.46. The van der Waals surface area contributed by atoms with Crippen LogP contribution in [-0.2, 0) is 16.1 Å². The Bertz CT molecular complexity index is 411. The van der Waals surface area contributed by atoms with Crippen molar-refractivity contribution >= 4 is 5.91 Å². The second-order valence-electron chi connectivity index (χ2n) is 4.16. The molecule has 0 spiro atoms. The quantitative estimate of drug-likeness (QED) is 0.802. The molecule has 4 nitrogen and oxygen atoms in total. The van der Waals surface area contributed by atoms with Gasteiger partial charge in [0, 0.05) is 12.6 Å². The molecule has 1 aromatic rings. The van der Waals surface area contributed by atoms with E-state index in [1.54, 1.807) is 12.1 Å². The zero-order chi connectivity index (χ0) is 12.3. The van der Waals surface area contributed by atoms with Crippen molar-refractivity contribution in [2.24, 2.45) is 11.7 Å². The van der Waals surface area contributed by atoms with Crippen LogP contribution in [0.1, 0.15) is 5.56 Å². The number of ether oxygens (including phenoxy) is 1. The Morgan fingerprint density at radius 2 is 2.35 bits per heavy atom. The standard InChI is InChI=1S/C12H15FN2O2/c13-9-3-1-2-8(4-9)5-15-12(16)10-6-17-7-11(10)14/h1-4,10-11H,5-7,14H2,(H,15,16). The summed E-state index contributed by atoms with van der Waals surface area (Å²) in [5.41, 5.74) is 6.45. The molecule has 0 saturated carbocycles. The van der Waals surface area contributed by atoms with Crippen molar-refractivity contribution in [1.29, 1.82) is 0 Å². The summed E-state index contributed by atoms with van der Waals surface area (Å²) in [7, 11) is 0. The highest BCUT2D eigenvalue weighted by Gasteiger charge is 2.30. The fourth-order valence-electron chi connectivity index (χ4n) is 1.81. The normalized spacial score (nSPS) is 23.6. The predicted octanol–water partition coefficient (Wildman–Crippen LogP) is 0.416. The third kappa shape index (κ3) is 3.01. The molecule has 0 bridgehead atoms. The summed E-state index contributed by atoms with van der Waals surface area (Å²) in [6, 6.07) is 5.88. The maximum atomic E-state index is 12.9. The molecule has 1 saturated heterocycles. The highest BCUT2D eigenvalue weighted by atomic mass is 19.1. The lowest BCUT2D eigenvalue weighted by Crippen LogP contribution is -2.40. The molecular weight excluding hydrogens is 223 g/mol. The van der Waals surface area contributed by atoms with E-state index in [4.69, 9.17) is 10.5 Å². The van der Waals surface area contributed by atoms with Gasteiger partial charge >= 0.3 is 0 Å². The monoisotopic (exact) mass is 238 g/mol. The van der Waals surface area contributed by atoms with Crippen molar-refractivity contribution < 1.29 is 13.9 Å². The minimum Gasteiger partial charge on any atom is -0.379 e. The molecule has 1 heterocycles. The van der Waals surface area contributed by atoms with E-state index in [0.29, 0.717) is 19.8 Å². The van der Waals surface area contributed by atoms with Gasteiger partial charge in [0.2, 0.25) is 5.91 Å². The van der Waals surface area contributed by atoms with Crippen LogP contribution in [0.3, 0.4) is 0 Å². The van der Waals surface area contributed by atoms with Crippen LogP contribution >= 0.6 is 0 Å². The fraction of sp³-hybridized carbons (Fsp3) is 0.417. The number of rotatable bonds is 3. The first kappa shape index (κ1) is 12.0. The summed E-state index contributed by atoms with van der Waals surface area (Å²) >= 11 is 0. The van der Waals surface area contributed by atoms with E-state index in [1.807, 2.05) is 0 Å². The van der Waals surface area contributed by atoms with Crippen molar-refractivity contribution in [3.8, 4) is 0 Å². The highest BCUT2D eigenvalue weighted by molar-refractivity contribution is 5.79. The molecule has 1 fully saturated rings. The van der Waals surface area contributed by atoms with Gasteiger partial charge in [-0.1, -0.05) is 12.1 Å². The third-order valence-electron chi connectivity index (χ3n) is 2.82. The van der Waals surface area contributed by atoms with Crippen molar-refractivity contribution in [3.63, 3.8) is 0 Å².